The third-order valence-electron chi connectivity index (χ3n) is 6.78. The van der Waals surface area contributed by atoms with Crippen LogP contribution in [-0.4, -0.2) is 54.4 Å². The van der Waals surface area contributed by atoms with E-state index in [9.17, 15) is 13.2 Å². The number of anilines is 2. The highest BCUT2D eigenvalue weighted by Crippen LogP contribution is 2.30. The first-order valence-corrected chi connectivity index (χ1v) is 13.9. The number of imidazole rings is 1. The van der Waals surface area contributed by atoms with Crippen LogP contribution in [0.2, 0.25) is 0 Å². The minimum absolute atomic E-state index is 0.0643. The van der Waals surface area contributed by atoms with Gasteiger partial charge in [-0.3, -0.25) is 4.79 Å². The maximum absolute atomic E-state index is 12.9. The molecule has 1 N–H and O–H groups in total. The van der Waals surface area contributed by atoms with Crippen molar-refractivity contribution in [2.45, 2.75) is 58.4 Å². The Morgan fingerprint density at radius 3 is 2.51 bits per heavy atom. The molecule has 0 fully saturated rings. The first-order chi connectivity index (χ1) is 16.8. The molecule has 1 aliphatic heterocycles. The van der Waals surface area contributed by atoms with Crippen LogP contribution in [0.4, 0.5) is 11.4 Å². The predicted octanol–water partition coefficient (Wildman–Crippen LogP) is 4.04. The van der Waals surface area contributed by atoms with Gasteiger partial charge in [0.2, 0.25) is 15.9 Å². The van der Waals surface area contributed by atoms with Gasteiger partial charge in [-0.15, -0.1) is 0 Å². The normalized spacial score (nSPS) is 13.6. The van der Waals surface area contributed by atoms with E-state index in [2.05, 4.69) is 29.3 Å². The number of carbonyl (C=O) groups excluding carboxylic acids is 1. The van der Waals surface area contributed by atoms with Gasteiger partial charge in [0.1, 0.15) is 5.82 Å². The Morgan fingerprint density at radius 2 is 1.83 bits per heavy atom. The van der Waals surface area contributed by atoms with Crippen LogP contribution in [-0.2, 0) is 34.2 Å². The number of benzene rings is 2. The number of likely N-dealkylation sites (N-methyl/N-ethyl adjacent to an activating group) is 1. The molecule has 0 atom stereocenters. The van der Waals surface area contributed by atoms with Crippen molar-refractivity contribution in [3.05, 3.63) is 47.8 Å². The Bertz CT molecular complexity index is 1330. The fourth-order valence-corrected chi connectivity index (χ4v) is 6.36. The third-order valence-corrected chi connectivity index (χ3v) is 8.82. The van der Waals surface area contributed by atoms with E-state index >= 15 is 0 Å². The average Bonchev–Trinajstić information content (AvgIpc) is 3.42. The zero-order valence-corrected chi connectivity index (χ0v) is 21.9. The van der Waals surface area contributed by atoms with Crippen molar-refractivity contribution in [1.29, 1.82) is 0 Å². The Morgan fingerprint density at radius 1 is 1.06 bits per heavy atom. The summed E-state index contributed by atoms with van der Waals surface area (Å²) in [5.41, 5.74) is 4.84. The number of carbonyl (C=O) groups is 1. The standard InChI is InChI=1S/C26H35N5O3S/c1-5-29-16-15-19-9-10-20(17-24(19)29)27-26(32)14-13-25-28-22-18-21(11-12-23(22)31(25)8-4)35(33,34)30(6-2)7-3/h9-12,17-18H,5-8,13-16H2,1-4H3,(H,27,32). The third kappa shape index (κ3) is 4.92. The summed E-state index contributed by atoms with van der Waals surface area (Å²) in [4.78, 5) is 20.0. The molecule has 1 aliphatic rings. The highest BCUT2D eigenvalue weighted by atomic mass is 32.2. The molecular formula is C26H35N5O3S. The molecule has 2 heterocycles. The lowest BCUT2D eigenvalue weighted by molar-refractivity contribution is -0.116. The second kappa shape index (κ2) is 10.4. The van der Waals surface area contributed by atoms with Gasteiger partial charge in [0.05, 0.1) is 15.9 Å². The number of fused-ring (bicyclic) bond motifs is 2. The summed E-state index contributed by atoms with van der Waals surface area (Å²) in [5.74, 6) is 0.714. The number of amides is 1. The number of sulfonamides is 1. The van der Waals surface area contributed by atoms with E-state index in [4.69, 9.17) is 4.98 Å². The molecule has 0 spiro atoms. The zero-order chi connectivity index (χ0) is 25.2. The molecule has 0 unspecified atom stereocenters. The minimum Gasteiger partial charge on any atom is -0.371 e. The van der Waals surface area contributed by atoms with Crippen LogP contribution < -0.4 is 10.2 Å². The van der Waals surface area contributed by atoms with Gasteiger partial charge in [-0.25, -0.2) is 13.4 Å². The summed E-state index contributed by atoms with van der Waals surface area (Å²) in [6.07, 6.45) is 1.81. The van der Waals surface area contributed by atoms with Crippen LogP contribution in [0, 0.1) is 0 Å². The van der Waals surface area contributed by atoms with E-state index in [1.54, 1.807) is 12.1 Å². The van der Waals surface area contributed by atoms with E-state index in [1.807, 2.05) is 37.5 Å². The molecule has 2 aromatic carbocycles. The SMILES string of the molecule is CCN1CCc2ccc(NC(=O)CCc3nc4cc(S(=O)(=O)N(CC)CC)ccc4n3CC)cc21. The van der Waals surface area contributed by atoms with Crippen LogP contribution in [0.15, 0.2) is 41.3 Å². The van der Waals surface area contributed by atoms with Gasteiger partial charge in [0, 0.05) is 56.9 Å². The van der Waals surface area contributed by atoms with Gasteiger partial charge in [-0.1, -0.05) is 19.9 Å². The Balaban J connectivity index is 1.50. The number of aromatic nitrogens is 2. The number of rotatable bonds is 10. The van der Waals surface area contributed by atoms with E-state index in [1.165, 1.54) is 15.6 Å². The Hall–Kier alpha value is -2.91. The molecule has 3 aromatic rings. The molecule has 1 aromatic heterocycles. The van der Waals surface area contributed by atoms with Crippen molar-refractivity contribution in [3.63, 3.8) is 0 Å². The maximum atomic E-state index is 12.9. The summed E-state index contributed by atoms with van der Waals surface area (Å²) in [7, 11) is -3.56. The van der Waals surface area contributed by atoms with Gasteiger partial charge in [-0.05, 0) is 56.2 Å². The maximum Gasteiger partial charge on any atom is 0.243 e. The van der Waals surface area contributed by atoms with E-state index in [0.29, 0.717) is 38.0 Å². The van der Waals surface area contributed by atoms with Gasteiger partial charge < -0.3 is 14.8 Å². The second-order valence-electron chi connectivity index (χ2n) is 8.73. The van der Waals surface area contributed by atoms with Crippen molar-refractivity contribution in [3.8, 4) is 0 Å². The van der Waals surface area contributed by atoms with Crippen LogP contribution in [0.3, 0.4) is 0 Å². The molecule has 8 nitrogen and oxygen atoms in total. The first-order valence-electron chi connectivity index (χ1n) is 12.5. The van der Waals surface area contributed by atoms with Crippen LogP contribution in [0.5, 0.6) is 0 Å². The topological polar surface area (TPSA) is 87.5 Å². The van der Waals surface area contributed by atoms with Crippen molar-refractivity contribution >= 4 is 38.3 Å². The molecular weight excluding hydrogens is 462 g/mol. The molecule has 9 heteroatoms. The Labute approximate surface area is 208 Å². The van der Waals surface area contributed by atoms with E-state index in [-0.39, 0.29) is 10.8 Å². The molecule has 0 aliphatic carbocycles. The summed E-state index contributed by atoms with van der Waals surface area (Å²) in [5, 5.41) is 3.02. The first kappa shape index (κ1) is 25.2. The van der Waals surface area contributed by atoms with Crippen molar-refractivity contribution in [1.82, 2.24) is 13.9 Å². The molecule has 0 radical (unpaired) electrons. The summed E-state index contributed by atoms with van der Waals surface area (Å²) in [6, 6.07) is 11.2. The van der Waals surface area contributed by atoms with Crippen molar-refractivity contribution in [2.24, 2.45) is 0 Å². The van der Waals surface area contributed by atoms with Gasteiger partial charge in [0.25, 0.3) is 0 Å². The minimum atomic E-state index is -3.56. The predicted molar refractivity (Wildman–Crippen MR) is 140 cm³/mol. The largest absolute Gasteiger partial charge is 0.371 e. The van der Waals surface area contributed by atoms with Crippen molar-refractivity contribution in [2.75, 3.05) is 36.4 Å². The van der Waals surface area contributed by atoms with Gasteiger partial charge >= 0.3 is 0 Å². The molecule has 0 saturated carbocycles. The lowest BCUT2D eigenvalue weighted by Crippen LogP contribution is -2.30. The van der Waals surface area contributed by atoms with Crippen LogP contribution in [0.25, 0.3) is 11.0 Å². The summed E-state index contributed by atoms with van der Waals surface area (Å²) >= 11 is 0. The molecule has 0 bridgehead atoms. The van der Waals surface area contributed by atoms with Crippen LogP contribution in [0.1, 0.15) is 45.5 Å². The fraction of sp³-hybridized carbons (Fsp3) is 0.462. The molecule has 0 saturated heterocycles. The fourth-order valence-electron chi connectivity index (χ4n) is 4.88. The summed E-state index contributed by atoms with van der Waals surface area (Å²) in [6.45, 7) is 11.3. The number of hydrogen-bond donors (Lipinski definition) is 1. The van der Waals surface area contributed by atoms with Gasteiger partial charge in [0.15, 0.2) is 0 Å². The second-order valence-corrected chi connectivity index (χ2v) is 10.7. The molecule has 188 valence electrons. The Kier molecular flexibility index (Phi) is 7.47. The van der Waals surface area contributed by atoms with Crippen LogP contribution >= 0.6 is 0 Å². The number of hydrogen-bond acceptors (Lipinski definition) is 5. The monoisotopic (exact) mass is 497 g/mol. The lowest BCUT2D eigenvalue weighted by atomic mass is 10.1. The quantitative estimate of drug-likeness (QED) is 0.457. The molecule has 4 rings (SSSR count). The molecule has 35 heavy (non-hydrogen) atoms. The smallest absolute Gasteiger partial charge is 0.243 e. The summed E-state index contributed by atoms with van der Waals surface area (Å²) < 4.78 is 29.4. The van der Waals surface area contributed by atoms with Crippen molar-refractivity contribution < 1.29 is 13.2 Å². The highest BCUT2D eigenvalue weighted by Gasteiger charge is 2.23. The van der Waals surface area contributed by atoms with Gasteiger partial charge in [-0.2, -0.15) is 4.31 Å². The number of aryl methyl sites for hydroxylation is 2. The van der Waals surface area contributed by atoms with E-state index in [0.717, 1.165) is 36.5 Å². The number of nitrogens with one attached hydrogen (secondary N) is 1. The zero-order valence-electron chi connectivity index (χ0n) is 21.0. The van der Waals surface area contributed by atoms with E-state index < -0.39 is 10.0 Å². The highest BCUT2D eigenvalue weighted by molar-refractivity contribution is 7.89. The number of nitrogens with zero attached hydrogens (tertiary/aromatic N) is 4. The molecule has 1 amide bonds. The average molecular weight is 498 g/mol. The lowest BCUT2D eigenvalue weighted by Gasteiger charge is -2.18.